The summed E-state index contributed by atoms with van der Waals surface area (Å²) in [7, 11) is 3.67. The minimum atomic E-state index is -0.550. The zero-order valence-electron chi connectivity index (χ0n) is 14.2. The molecule has 26 heavy (non-hydrogen) atoms. The van der Waals surface area contributed by atoms with Crippen LogP contribution in [0.25, 0.3) is 27.8 Å². The van der Waals surface area contributed by atoms with Crippen LogP contribution in [0.15, 0.2) is 48.7 Å². The van der Waals surface area contributed by atoms with Gasteiger partial charge >= 0.3 is 0 Å². The van der Waals surface area contributed by atoms with Crippen LogP contribution in [0.5, 0.6) is 0 Å². The minimum Gasteiger partial charge on any atom is -0.372 e. The molecule has 0 unspecified atom stereocenters. The first-order chi connectivity index (χ1) is 12.6. The maximum atomic E-state index is 14.1. The maximum Gasteiger partial charge on any atom is 0.148 e. The Bertz CT molecular complexity index is 1160. The summed E-state index contributed by atoms with van der Waals surface area (Å²) in [5, 5.41) is 21.7. The molecule has 0 saturated heterocycles. The third-order valence-electron chi connectivity index (χ3n) is 4.33. The molecule has 0 amide bonds. The lowest BCUT2D eigenvalue weighted by atomic mass is 10.1. The van der Waals surface area contributed by atoms with Gasteiger partial charge in [0.2, 0.25) is 0 Å². The molecule has 0 bridgehead atoms. The van der Waals surface area contributed by atoms with Crippen LogP contribution >= 0.6 is 0 Å². The van der Waals surface area contributed by atoms with Gasteiger partial charge in [-0.05, 0) is 30.3 Å². The largest absolute Gasteiger partial charge is 0.372 e. The standard InChI is InChI=1S/C19H15FN6/c1-22-19-9-18(12-3-4-13(10-21)16(20)8-12)26(24-19)15-5-6-17-14(7-15)11-23-25(17)2/h3-9,11H,1-2H3,(H,22,24). The lowest BCUT2D eigenvalue weighted by Gasteiger charge is -2.08. The van der Waals surface area contributed by atoms with Crippen molar-refractivity contribution in [2.45, 2.75) is 0 Å². The Hall–Kier alpha value is -3.66. The average Bonchev–Trinajstić information content (AvgIpc) is 3.25. The van der Waals surface area contributed by atoms with Gasteiger partial charge < -0.3 is 5.32 Å². The van der Waals surface area contributed by atoms with Crippen LogP contribution < -0.4 is 5.32 Å². The monoisotopic (exact) mass is 346 g/mol. The number of hydrogen-bond acceptors (Lipinski definition) is 4. The lowest BCUT2D eigenvalue weighted by Crippen LogP contribution is -2.00. The first-order valence-corrected chi connectivity index (χ1v) is 8.00. The van der Waals surface area contributed by atoms with Crippen LogP contribution in [0, 0.1) is 17.1 Å². The van der Waals surface area contributed by atoms with Gasteiger partial charge in [-0.2, -0.15) is 10.4 Å². The van der Waals surface area contributed by atoms with E-state index < -0.39 is 5.82 Å². The topological polar surface area (TPSA) is 71.5 Å². The van der Waals surface area contributed by atoms with Crippen molar-refractivity contribution < 1.29 is 4.39 Å². The van der Waals surface area contributed by atoms with Crippen molar-refractivity contribution in [2.24, 2.45) is 7.05 Å². The average molecular weight is 346 g/mol. The Morgan fingerprint density at radius 3 is 2.73 bits per heavy atom. The zero-order chi connectivity index (χ0) is 18.3. The van der Waals surface area contributed by atoms with Crippen molar-refractivity contribution in [3.63, 3.8) is 0 Å². The number of rotatable bonds is 3. The number of benzene rings is 2. The highest BCUT2D eigenvalue weighted by atomic mass is 19.1. The molecule has 4 aromatic rings. The summed E-state index contributed by atoms with van der Waals surface area (Å²) in [5.41, 5.74) is 3.24. The molecule has 2 aromatic heterocycles. The highest BCUT2D eigenvalue weighted by Crippen LogP contribution is 2.28. The summed E-state index contributed by atoms with van der Waals surface area (Å²) >= 11 is 0. The molecule has 0 aliphatic heterocycles. The summed E-state index contributed by atoms with van der Waals surface area (Å²) in [5.74, 6) is 0.113. The van der Waals surface area contributed by atoms with E-state index in [1.54, 1.807) is 28.7 Å². The molecule has 6 nitrogen and oxygen atoms in total. The Balaban J connectivity index is 1.89. The van der Waals surface area contributed by atoms with Gasteiger partial charge in [-0.25, -0.2) is 9.07 Å². The third kappa shape index (κ3) is 2.48. The molecule has 0 fully saturated rings. The SMILES string of the molecule is CNc1cc(-c2ccc(C#N)c(F)c2)n(-c2ccc3c(cnn3C)c2)n1. The van der Waals surface area contributed by atoms with E-state index in [0.29, 0.717) is 11.4 Å². The first kappa shape index (κ1) is 15.8. The van der Waals surface area contributed by atoms with Crippen LogP contribution in [0.4, 0.5) is 10.2 Å². The molecule has 128 valence electrons. The maximum absolute atomic E-state index is 14.1. The number of hydrogen-bond donors (Lipinski definition) is 1. The van der Waals surface area contributed by atoms with E-state index in [9.17, 15) is 4.39 Å². The number of aryl methyl sites for hydroxylation is 1. The molecular weight excluding hydrogens is 331 g/mol. The Morgan fingerprint density at radius 2 is 2.00 bits per heavy atom. The van der Waals surface area contributed by atoms with Crippen LogP contribution in [0.1, 0.15) is 5.56 Å². The van der Waals surface area contributed by atoms with Gasteiger partial charge in [-0.3, -0.25) is 4.68 Å². The van der Waals surface area contributed by atoms with Crippen LogP contribution in [0.2, 0.25) is 0 Å². The Labute approximate surface area is 149 Å². The highest BCUT2D eigenvalue weighted by Gasteiger charge is 2.14. The van der Waals surface area contributed by atoms with Crippen LogP contribution in [0.3, 0.4) is 0 Å². The normalized spacial score (nSPS) is 10.8. The van der Waals surface area contributed by atoms with Crippen molar-refractivity contribution in [1.29, 1.82) is 5.26 Å². The van der Waals surface area contributed by atoms with Gasteiger partial charge in [0.25, 0.3) is 0 Å². The molecule has 4 rings (SSSR count). The van der Waals surface area contributed by atoms with Crippen molar-refractivity contribution in [1.82, 2.24) is 19.6 Å². The summed E-state index contributed by atoms with van der Waals surface area (Å²) < 4.78 is 17.6. The van der Waals surface area contributed by atoms with Crippen molar-refractivity contribution in [2.75, 3.05) is 12.4 Å². The number of nitrogens with zero attached hydrogens (tertiary/aromatic N) is 5. The predicted molar refractivity (Wildman–Crippen MR) is 97.5 cm³/mol. The highest BCUT2D eigenvalue weighted by molar-refractivity contribution is 5.81. The summed E-state index contributed by atoms with van der Waals surface area (Å²) in [6.07, 6.45) is 1.79. The molecule has 2 aromatic carbocycles. The fourth-order valence-corrected chi connectivity index (χ4v) is 2.95. The van der Waals surface area contributed by atoms with Crippen molar-refractivity contribution in [3.8, 4) is 23.0 Å². The molecule has 0 spiro atoms. The van der Waals surface area contributed by atoms with Gasteiger partial charge in [0.05, 0.1) is 28.7 Å². The lowest BCUT2D eigenvalue weighted by molar-refractivity contribution is 0.624. The molecule has 0 atom stereocenters. The molecule has 0 aliphatic carbocycles. The second-order valence-electron chi connectivity index (χ2n) is 5.89. The predicted octanol–water partition coefficient (Wildman–Crippen LogP) is 3.48. The van der Waals surface area contributed by atoms with E-state index in [-0.39, 0.29) is 5.56 Å². The summed E-state index contributed by atoms with van der Waals surface area (Å²) in [6.45, 7) is 0. The van der Waals surface area contributed by atoms with Crippen molar-refractivity contribution >= 4 is 16.7 Å². The van der Waals surface area contributed by atoms with E-state index in [4.69, 9.17) is 5.26 Å². The summed E-state index contributed by atoms with van der Waals surface area (Å²) in [4.78, 5) is 0. The number of halogens is 1. The number of anilines is 1. The fourth-order valence-electron chi connectivity index (χ4n) is 2.95. The van der Waals surface area contributed by atoms with E-state index in [0.717, 1.165) is 22.3 Å². The number of nitrogens with one attached hydrogen (secondary N) is 1. The quantitative estimate of drug-likeness (QED) is 0.616. The van der Waals surface area contributed by atoms with E-state index in [1.807, 2.05) is 37.4 Å². The first-order valence-electron chi connectivity index (χ1n) is 8.00. The molecular formula is C19H15FN6. The van der Waals surface area contributed by atoms with E-state index in [2.05, 4.69) is 15.5 Å². The van der Waals surface area contributed by atoms with Gasteiger partial charge in [-0.1, -0.05) is 6.07 Å². The van der Waals surface area contributed by atoms with Gasteiger partial charge in [-0.15, -0.1) is 5.10 Å². The number of aromatic nitrogens is 4. The third-order valence-corrected chi connectivity index (χ3v) is 4.33. The van der Waals surface area contributed by atoms with Gasteiger partial charge in [0.15, 0.2) is 0 Å². The minimum absolute atomic E-state index is 0.0189. The second kappa shape index (κ2) is 6.01. The Kier molecular flexibility index (Phi) is 3.66. The molecule has 1 N–H and O–H groups in total. The summed E-state index contributed by atoms with van der Waals surface area (Å²) in [6, 6.07) is 14.1. The smallest absolute Gasteiger partial charge is 0.148 e. The van der Waals surface area contributed by atoms with Gasteiger partial charge in [0.1, 0.15) is 17.7 Å². The molecule has 0 radical (unpaired) electrons. The van der Waals surface area contributed by atoms with Crippen molar-refractivity contribution in [3.05, 3.63) is 60.0 Å². The van der Waals surface area contributed by atoms with Gasteiger partial charge in [0, 0.05) is 31.1 Å². The zero-order valence-corrected chi connectivity index (χ0v) is 14.2. The fraction of sp³-hybridized carbons (Fsp3) is 0.105. The van der Waals surface area contributed by atoms with E-state index in [1.165, 1.54) is 12.1 Å². The van der Waals surface area contributed by atoms with E-state index >= 15 is 0 Å². The van der Waals surface area contributed by atoms with Crippen LogP contribution in [-0.2, 0) is 7.05 Å². The Morgan fingerprint density at radius 1 is 1.15 bits per heavy atom. The molecule has 2 heterocycles. The molecule has 0 saturated carbocycles. The molecule has 7 heteroatoms. The van der Waals surface area contributed by atoms with Crippen LogP contribution in [-0.4, -0.2) is 26.6 Å². The molecule has 0 aliphatic rings. The number of nitriles is 1. The second-order valence-corrected chi connectivity index (χ2v) is 5.89. The number of fused-ring (bicyclic) bond motifs is 1.